The quantitative estimate of drug-likeness (QED) is 0.494. The average Bonchev–Trinajstić information content (AvgIpc) is 3.27. The zero-order chi connectivity index (χ0) is 21.4. The molecular weight excluding hydrogens is 421 g/mol. The van der Waals surface area contributed by atoms with Crippen LogP contribution in [0, 0.1) is 17.5 Å². The topological polar surface area (TPSA) is 92.3 Å². The summed E-state index contributed by atoms with van der Waals surface area (Å²) in [5.41, 5.74) is -0.0146. The van der Waals surface area contributed by atoms with Crippen LogP contribution in [0.15, 0.2) is 36.4 Å². The molecule has 152 valence electrons. The van der Waals surface area contributed by atoms with Gasteiger partial charge in [0.1, 0.15) is 5.01 Å². The number of halogens is 3. The van der Waals surface area contributed by atoms with Crippen LogP contribution in [-0.4, -0.2) is 39.4 Å². The number of nitrogens with one attached hydrogen (secondary N) is 1. The van der Waals surface area contributed by atoms with Crippen molar-refractivity contribution >= 4 is 34.2 Å². The molecule has 3 amide bonds. The van der Waals surface area contributed by atoms with E-state index in [1.54, 1.807) is 24.3 Å². The molecule has 11 heteroatoms. The fourth-order valence-electron chi connectivity index (χ4n) is 2.92. The molecule has 7 nitrogen and oxygen atoms in total. The zero-order valence-electron chi connectivity index (χ0n) is 15.0. The number of amides is 3. The molecule has 1 N–H and O–H groups in total. The van der Waals surface area contributed by atoms with Crippen LogP contribution in [-0.2, 0) is 6.42 Å². The lowest BCUT2D eigenvalue weighted by atomic mass is 10.1. The number of benzene rings is 2. The summed E-state index contributed by atoms with van der Waals surface area (Å²) in [5, 5.41) is 10.3. The first kappa shape index (κ1) is 19.7. The van der Waals surface area contributed by atoms with E-state index in [0.717, 1.165) is 22.3 Å². The second-order valence-corrected chi connectivity index (χ2v) is 7.30. The van der Waals surface area contributed by atoms with Crippen molar-refractivity contribution in [2.24, 2.45) is 0 Å². The lowest BCUT2D eigenvalue weighted by Gasteiger charge is -2.12. The maximum Gasteiger partial charge on any atom is 0.261 e. The Morgan fingerprint density at radius 2 is 1.63 bits per heavy atom. The van der Waals surface area contributed by atoms with Crippen LogP contribution in [0.25, 0.3) is 0 Å². The summed E-state index contributed by atoms with van der Waals surface area (Å²) in [6.45, 7) is 0.0622. The van der Waals surface area contributed by atoms with Crippen molar-refractivity contribution in [3.63, 3.8) is 0 Å². The number of carbonyl (C=O) groups is 3. The third kappa shape index (κ3) is 3.43. The Morgan fingerprint density at radius 1 is 0.967 bits per heavy atom. The summed E-state index contributed by atoms with van der Waals surface area (Å²) in [5.74, 6) is -6.58. The molecule has 2 heterocycles. The van der Waals surface area contributed by atoms with Crippen molar-refractivity contribution in [2.75, 3.05) is 11.9 Å². The highest BCUT2D eigenvalue weighted by Gasteiger charge is 2.34. The van der Waals surface area contributed by atoms with Crippen molar-refractivity contribution in [1.82, 2.24) is 15.1 Å². The maximum absolute atomic E-state index is 13.7. The van der Waals surface area contributed by atoms with Gasteiger partial charge in [-0.1, -0.05) is 23.5 Å². The number of hydrogen-bond donors (Lipinski definition) is 1. The molecule has 2 aromatic carbocycles. The molecule has 1 aliphatic heterocycles. The summed E-state index contributed by atoms with van der Waals surface area (Å²) < 4.78 is 40.0. The third-order valence-corrected chi connectivity index (χ3v) is 5.29. The lowest BCUT2D eigenvalue weighted by Crippen LogP contribution is -2.31. The molecular formula is C19H11F3N4O3S. The van der Waals surface area contributed by atoms with Crippen molar-refractivity contribution in [2.45, 2.75) is 6.42 Å². The highest BCUT2D eigenvalue weighted by molar-refractivity contribution is 7.15. The van der Waals surface area contributed by atoms with Gasteiger partial charge in [-0.05, 0) is 24.3 Å². The van der Waals surface area contributed by atoms with Gasteiger partial charge < -0.3 is 0 Å². The molecule has 0 spiro atoms. The highest BCUT2D eigenvalue weighted by atomic mass is 32.1. The minimum atomic E-state index is -1.75. The van der Waals surface area contributed by atoms with E-state index >= 15 is 0 Å². The van der Waals surface area contributed by atoms with Crippen molar-refractivity contribution < 1.29 is 27.6 Å². The SMILES string of the molecule is O=C(Nc1nnc(CCN2C(=O)c3ccccc3C2=O)s1)c1ccc(F)c(F)c1F. The molecule has 4 rings (SSSR count). The number of aromatic nitrogens is 2. The molecule has 0 unspecified atom stereocenters. The normalized spacial score (nSPS) is 13.0. The van der Waals surface area contributed by atoms with E-state index in [1.165, 1.54) is 0 Å². The molecule has 1 aromatic heterocycles. The average molecular weight is 432 g/mol. The van der Waals surface area contributed by atoms with Gasteiger partial charge in [0.05, 0.1) is 16.7 Å². The predicted octanol–water partition coefficient (Wildman–Crippen LogP) is 3.05. The first-order valence-electron chi connectivity index (χ1n) is 8.59. The standard InChI is InChI=1S/C19H11F3N4O3S/c20-12-6-5-11(14(21)15(12)22)16(27)23-19-25-24-13(30-19)7-8-26-17(28)9-3-1-2-4-10(9)18(26)29/h1-6H,7-8H2,(H,23,25,27). The fourth-order valence-corrected chi connectivity index (χ4v) is 3.64. The van der Waals surface area contributed by atoms with Crippen LogP contribution in [0.1, 0.15) is 36.1 Å². The number of nitrogens with zero attached hydrogens (tertiary/aromatic N) is 3. The predicted molar refractivity (Wildman–Crippen MR) is 99.7 cm³/mol. The smallest absolute Gasteiger partial charge is 0.261 e. The summed E-state index contributed by atoms with van der Waals surface area (Å²) >= 11 is 0.945. The number of anilines is 1. The van der Waals surface area contributed by atoms with E-state index in [2.05, 4.69) is 15.5 Å². The lowest BCUT2D eigenvalue weighted by molar-refractivity contribution is 0.0655. The van der Waals surface area contributed by atoms with Gasteiger partial charge in [0.15, 0.2) is 17.5 Å². The Morgan fingerprint density at radius 3 is 2.30 bits per heavy atom. The maximum atomic E-state index is 13.7. The van der Waals surface area contributed by atoms with Gasteiger partial charge in [0, 0.05) is 13.0 Å². The fraction of sp³-hybridized carbons (Fsp3) is 0.105. The van der Waals surface area contributed by atoms with Gasteiger partial charge in [0.2, 0.25) is 5.13 Å². The second-order valence-electron chi connectivity index (χ2n) is 6.24. The summed E-state index contributed by atoms with van der Waals surface area (Å²) in [4.78, 5) is 37.9. The number of hydrogen-bond acceptors (Lipinski definition) is 6. The molecule has 30 heavy (non-hydrogen) atoms. The summed E-state index contributed by atoms with van der Waals surface area (Å²) in [6.07, 6.45) is 0.193. The van der Waals surface area contributed by atoms with Gasteiger partial charge in [-0.3, -0.25) is 24.6 Å². The van der Waals surface area contributed by atoms with E-state index in [9.17, 15) is 27.6 Å². The molecule has 0 saturated carbocycles. The van der Waals surface area contributed by atoms with Crippen LogP contribution in [0.4, 0.5) is 18.3 Å². The number of imide groups is 1. The summed E-state index contributed by atoms with van der Waals surface area (Å²) in [7, 11) is 0. The van der Waals surface area contributed by atoms with E-state index in [-0.39, 0.29) is 18.1 Å². The Balaban J connectivity index is 1.41. The van der Waals surface area contributed by atoms with Crippen molar-refractivity contribution in [3.05, 3.63) is 75.5 Å². The Hall–Kier alpha value is -3.60. The molecule has 0 radical (unpaired) electrons. The largest absolute Gasteiger partial charge is 0.296 e. The van der Waals surface area contributed by atoms with Crippen LogP contribution < -0.4 is 5.32 Å². The van der Waals surface area contributed by atoms with Crippen LogP contribution in [0.5, 0.6) is 0 Å². The van der Waals surface area contributed by atoms with Gasteiger partial charge in [-0.2, -0.15) is 0 Å². The Labute approximate surface area is 171 Å². The Bertz CT molecular complexity index is 1160. The van der Waals surface area contributed by atoms with Crippen LogP contribution in [0.3, 0.4) is 0 Å². The van der Waals surface area contributed by atoms with E-state index in [0.29, 0.717) is 22.2 Å². The molecule has 0 saturated heterocycles. The molecule has 0 aliphatic carbocycles. The minimum Gasteiger partial charge on any atom is -0.296 e. The van der Waals surface area contributed by atoms with Gasteiger partial charge in [0.25, 0.3) is 17.7 Å². The number of carbonyl (C=O) groups excluding carboxylic acids is 3. The molecule has 0 fully saturated rings. The van der Waals surface area contributed by atoms with Gasteiger partial charge in [-0.25, -0.2) is 13.2 Å². The number of fused-ring (bicyclic) bond motifs is 1. The first-order valence-corrected chi connectivity index (χ1v) is 9.41. The molecule has 1 aliphatic rings. The molecule has 3 aromatic rings. The molecule has 0 atom stereocenters. The monoisotopic (exact) mass is 432 g/mol. The summed E-state index contributed by atoms with van der Waals surface area (Å²) in [6, 6.07) is 7.94. The number of rotatable bonds is 5. The van der Waals surface area contributed by atoms with Crippen molar-refractivity contribution in [3.8, 4) is 0 Å². The van der Waals surface area contributed by atoms with Gasteiger partial charge >= 0.3 is 0 Å². The minimum absolute atomic E-state index is 0.00138. The first-order chi connectivity index (χ1) is 14.4. The van der Waals surface area contributed by atoms with E-state index < -0.39 is 40.7 Å². The Kier molecular flexibility index (Phi) is 5.04. The van der Waals surface area contributed by atoms with Gasteiger partial charge in [-0.15, -0.1) is 10.2 Å². The zero-order valence-corrected chi connectivity index (χ0v) is 15.8. The molecule has 0 bridgehead atoms. The second kappa shape index (κ2) is 7.67. The highest BCUT2D eigenvalue weighted by Crippen LogP contribution is 2.24. The van der Waals surface area contributed by atoms with Crippen LogP contribution >= 0.6 is 11.3 Å². The van der Waals surface area contributed by atoms with E-state index in [4.69, 9.17) is 0 Å². The van der Waals surface area contributed by atoms with E-state index in [1.807, 2.05) is 0 Å². The van der Waals surface area contributed by atoms with Crippen LogP contribution in [0.2, 0.25) is 0 Å². The van der Waals surface area contributed by atoms with Crippen molar-refractivity contribution in [1.29, 1.82) is 0 Å². The third-order valence-electron chi connectivity index (χ3n) is 4.39.